The SMILES string of the molecule is Cn1cc(-c2cc3ncccc3c(OC[C@@H]3CNCCCO3)n2)cn1. The quantitative estimate of drug-likeness (QED) is 0.781. The Morgan fingerprint density at radius 2 is 2.40 bits per heavy atom. The number of nitrogens with one attached hydrogen (secondary N) is 1. The average Bonchev–Trinajstić information content (AvgIpc) is 2.91. The van der Waals surface area contributed by atoms with Crippen molar-refractivity contribution in [2.75, 3.05) is 26.3 Å². The van der Waals surface area contributed by atoms with E-state index >= 15 is 0 Å². The molecule has 3 aromatic heterocycles. The fourth-order valence-electron chi connectivity index (χ4n) is 2.90. The van der Waals surface area contributed by atoms with Crippen molar-refractivity contribution in [3.05, 3.63) is 36.8 Å². The number of aryl methyl sites for hydroxylation is 1. The molecule has 4 rings (SSSR count). The van der Waals surface area contributed by atoms with Gasteiger partial charge in [0, 0.05) is 38.2 Å². The Balaban J connectivity index is 1.64. The molecule has 0 saturated carbocycles. The number of nitrogens with zero attached hydrogens (tertiary/aromatic N) is 4. The van der Waals surface area contributed by atoms with Crippen molar-refractivity contribution in [2.45, 2.75) is 12.5 Å². The van der Waals surface area contributed by atoms with Crippen LogP contribution in [0.15, 0.2) is 36.8 Å². The molecule has 25 heavy (non-hydrogen) atoms. The van der Waals surface area contributed by atoms with Gasteiger partial charge in [-0.3, -0.25) is 9.67 Å². The number of rotatable bonds is 4. The number of aromatic nitrogens is 4. The van der Waals surface area contributed by atoms with E-state index in [1.807, 2.05) is 31.4 Å². The Labute approximate surface area is 146 Å². The van der Waals surface area contributed by atoms with Crippen LogP contribution in [-0.4, -0.2) is 52.2 Å². The van der Waals surface area contributed by atoms with Gasteiger partial charge in [0.2, 0.25) is 5.88 Å². The van der Waals surface area contributed by atoms with Gasteiger partial charge in [-0.15, -0.1) is 0 Å². The van der Waals surface area contributed by atoms with Crippen LogP contribution in [0.2, 0.25) is 0 Å². The summed E-state index contributed by atoms with van der Waals surface area (Å²) in [5.74, 6) is 0.581. The van der Waals surface area contributed by atoms with Crippen LogP contribution >= 0.6 is 0 Å². The van der Waals surface area contributed by atoms with E-state index in [2.05, 4.69) is 15.4 Å². The Morgan fingerprint density at radius 3 is 3.28 bits per heavy atom. The Morgan fingerprint density at radius 1 is 1.44 bits per heavy atom. The first-order valence-electron chi connectivity index (χ1n) is 8.49. The van der Waals surface area contributed by atoms with Crippen LogP contribution in [0.4, 0.5) is 0 Å². The van der Waals surface area contributed by atoms with E-state index in [9.17, 15) is 0 Å². The summed E-state index contributed by atoms with van der Waals surface area (Å²) >= 11 is 0. The smallest absolute Gasteiger partial charge is 0.223 e. The van der Waals surface area contributed by atoms with E-state index < -0.39 is 0 Å². The molecule has 1 aliphatic heterocycles. The Bertz CT molecular complexity index is 856. The lowest BCUT2D eigenvalue weighted by atomic mass is 10.2. The van der Waals surface area contributed by atoms with Gasteiger partial charge in [-0.05, 0) is 31.2 Å². The van der Waals surface area contributed by atoms with Crippen LogP contribution in [0.25, 0.3) is 22.2 Å². The number of ether oxygens (including phenoxy) is 2. The molecule has 1 N–H and O–H groups in total. The number of hydrogen-bond donors (Lipinski definition) is 1. The van der Waals surface area contributed by atoms with E-state index in [4.69, 9.17) is 14.5 Å². The largest absolute Gasteiger partial charge is 0.474 e. The maximum atomic E-state index is 6.04. The predicted molar refractivity (Wildman–Crippen MR) is 94.5 cm³/mol. The summed E-state index contributed by atoms with van der Waals surface area (Å²) in [4.78, 5) is 9.15. The van der Waals surface area contributed by atoms with Crippen LogP contribution in [0.3, 0.4) is 0 Å². The number of pyridine rings is 2. The minimum Gasteiger partial charge on any atom is -0.474 e. The summed E-state index contributed by atoms with van der Waals surface area (Å²) in [6.07, 6.45) is 6.55. The summed E-state index contributed by atoms with van der Waals surface area (Å²) in [6, 6.07) is 5.83. The summed E-state index contributed by atoms with van der Waals surface area (Å²) < 4.78 is 13.6. The van der Waals surface area contributed by atoms with Gasteiger partial charge in [0.1, 0.15) is 12.7 Å². The second-order valence-corrected chi connectivity index (χ2v) is 6.15. The van der Waals surface area contributed by atoms with Crippen LogP contribution < -0.4 is 10.1 Å². The van der Waals surface area contributed by atoms with Crippen molar-refractivity contribution in [2.24, 2.45) is 7.05 Å². The third-order valence-electron chi connectivity index (χ3n) is 4.19. The van der Waals surface area contributed by atoms with Gasteiger partial charge in [-0.2, -0.15) is 5.10 Å². The minimum absolute atomic E-state index is 0.0260. The monoisotopic (exact) mass is 339 g/mol. The molecule has 4 heterocycles. The molecule has 1 atom stereocenters. The van der Waals surface area contributed by atoms with Gasteiger partial charge in [-0.1, -0.05) is 0 Å². The highest BCUT2D eigenvalue weighted by molar-refractivity contribution is 5.86. The minimum atomic E-state index is 0.0260. The molecule has 7 nitrogen and oxygen atoms in total. The molecule has 0 unspecified atom stereocenters. The second kappa shape index (κ2) is 7.16. The zero-order valence-electron chi connectivity index (χ0n) is 14.2. The molecule has 0 aliphatic carbocycles. The van der Waals surface area contributed by atoms with Gasteiger partial charge in [-0.25, -0.2) is 4.98 Å². The second-order valence-electron chi connectivity index (χ2n) is 6.15. The molecular weight excluding hydrogens is 318 g/mol. The molecular formula is C18H21N5O2. The van der Waals surface area contributed by atoms with Crippen molar-refractivity contribution in [1.82, 2.24) is 25.1 Å². The molecule has 1 aliphatic rings. The zero-order valence-corrected chi connectivity index (χ0v) is 14.2. The van der Waals surface area contributed by atoms with E-state index in [0.717, 1.165) is 48.3 Å². The summed E-state index contributed by atoms with van der Waals surface area (Å²) in [7, 11) is 1.89. The van der Waals surface area contributed by atoms with Gasteiger partial charge in [0.25, 0.3) is 0 Å². The third-order valence-corrected chi connectivity index (χ3v) is 4.19. The van der Waals surface area contributed by atoms with E-state index in [1.54, 1.807) is 17.1 Å². The lowest BCUT2D eigenvalue weighted by Gasteiger charge is -2.16. The van der Waals surface area contributed by atoms with Crippen molar-refractivity contribution in [1.29, 1.82) is 0 Å². The first-order valence-corrected chi connectivity index (χ1v) is 8.49. The maximum Gasteiger partial charge on any atom is 0.223 e. The molecule has 0 bridgehead atoms. The number of hydrogen-bond acceptors (Lipinski definition) is 6. The van der Waals surface area contributed by atoms with Crippen molar-refractivity contribution in [3.63, 3.8) is 0 Å². The Hall–Kier alpha value is -2.51. The number of fused-ring (bicyclic) bond motifs is 1. The molecule has 0 aromatic carbocycles. The van der Waals surface area contributed by atoms with Crippen LogP contribution in [0, 0.1) is 0 Å². The molecule has 0 amide bonds. The zero-order chi connectivity index (χ0) is 17.1. The molecule has 130 valence electrons. The summed E-state index contributed by atoms with van der Waals surface area (Å²) in [6.45, 7) is 2.99. The normalized spacial score (nSPS) is 18.2. The third kappa shape index (κ3) is 3.62. The van der Waals surface area contributed by atoms with Crippen molar-refractivity contribution >= 4 is 10.9 Å². The van der Waals surface area contributed by atoms with E-state index in [1.165, 1.54) is 0 Å². The maximum absolute atomic E-state index is 6.04. The molecule has 0 spiro atoms. The first kappa shape index (κ1) is 16.0. The fourth-order valence-corrected chi connectivity index (χ4v) is 2.90. The van der Waals surface area contributed by atoms with E-state index in [0.29, 0.717) is 12.5 Å². The van der Waals surface area contributed by atoms with Crippen LogP contribution in [0.5, 0.6) is 5.88 Å². The highest BCUT2D eigenvalue weighted by Crippen LogP contribution is 2.28. The van der Waals surface area contributed by atoms with Crippen LogP contribution in [-0.2, 0) is 11.8 Å². The van der Waals surface area contributed by atoms with Gasteiger partial charge >= 0.3 is 0 Å². The predicted octanol–water partition coefficient (Wildman–Crippen LogP) is 1.79. The Kier molecular flexibility index (Phi) is 4.58. The highest BCUT2D eigenvalue weighted by atomic mass is 16.5. The summed E-state index contributed by atoms with van der Waals surface area (Å²) in [5, 5.41) is 8.48. The lowest BCUT2D eigenvalue weighted by molar-refractivity contribution is 0.0317. The van der Waals surface area contributed by atoms with Crippen molar-refractivity contribution in [3.8, 4) is 17.1 Å². The molecule has 7 heteroatoms. The fraction of sp³-hybridized carbons (Fsp3) is 0.389. The molecule has 0 radical (unpaired) electrons. The van der Waals surface area contributed by atoms with Crippen LogP contribution in [0.1, 0.15) is 6.42 Å². The molecule has 1 saturated heterocycles. The van der Waals surface area contributed by atoms with Crippen molar-refractivity contribution < 1.29 is 9.47 Å². The lowest BCUT2D eigenvalue weighted by Crippen LogP contribution is -2.31. The van der Waals surface area contributed by atoms with Gasteiger partial charge in [0.15, 0.2) is 0 Å². The average molecular weight is 339 g/mol. The first-order chi connectivity index (χ1) is 12.3. The van der Waals surface area contributed by atoms with Gasteiger partial charge in [0.05, 0.1) is 22.8 Å². The van der Waals surface area contributed by atoms with E-state index in [-0.39, 0.29) is 6.10 Å². The molecule has 1 fully saturated rings. The topological polar surface area (TPSA) is 74.1 Å². The molecule has 3 aromatic rings. The summed E-state index contributed by atoms with van der Waals surface area (Å²) in [5.41, 5.74) is 2.59. The van der Waals surface area contributed by atoms with Gasteiger partial charge < -0.3 is 14.8 Å². The highest BCUT2D eigenvalue weighted by Gasteiger charge is 2.16. The standard InChI is InChI=1S/C18H21N5O2/c1-23-11-13(9-21-23)16-8-17-15(4-2-6-20-17)18(22-16)25-12-14-10-19-5-3-7-24-14/h2,4,6,8-9,11,14,19H,3,5,7,10,12H2,1H3/t14-/m0/s1.